The van der Waals surface area contributed by atoms with Gasteiger partial charge >= 0.3 is 0 Å². The number of carbonyl (C=O) groups excluding carboxylic acids is 1. The first-order valence-corrected chi connectivity index (χ1v) is 10.2. The van der Waals surface area contributed by atoms with E-state index in [0.29, 0.717) is 5.56 Å². The maximum Gasteiger partial charge on any atom is 0.257 e. The number of amides is 1. The molecule has 0 radical (unpaired) electrons. The van der Waals surface area contributed by atoms with Gasteiger partial charge in [0.25, 0.3) is 5.91 Å². The summed E-state index contributed by atoms with van der Waals surface area (Å²) in [6.45, 7) is 6.69. The number of ether oxygens (including phenoxy) is 1. The van der Waals surface area contributed by atoms with E-state index in [1.54, 1.807) is 13.3 Å². The largest absolute Gasteiger partial charge is 0.497 e. The normalized spacial score (nSPS) is 10.8. The van der Waals surface area contributed by atoms with Gasteiger partial charge in [-0.25, -0.2) is 4.98 Å². The topological polar surface area (TPSA) is 61.1 Å². The van der Waals surface area contributed by atoms with E-state index in [1.165, 1.54) is 0 Å². The lowest BCUT2D eigenvalue weighted by Crippen LogP contribution is -2.13. The monoisotopic (exact) mass is 414 g/mol. The molecule has 0 spiro atoms. The summed E-state index contributed by atoms with van der Waals surface area (Å²) in [4.78, 5) is 17.2. The lowest BCUT2D eigenvalue weighted by atomic mass is 10.2. The van der Waals surface area contributed by atoms with Crippen molar-refractivity contribution in [3.05, 3.63) is 95.3 Å². The molecule has 1 amide bonds. The minimum Gasteiger partial charge on any atom is -0.497 e. The van der Waals surface area contributed by atoms with Crippen LogP contribution in [0.5, 0.6) is 5.75 Å². The molecule has 0 atom stereocenters. The van der Waals surface area contributed by atoms with E-state index in [0.717, 1.165) is 46.4 Å². The summed E-state index contributed by atoms with van der Waals surface area (Å²) < 4.78 is 9.49. The fraction of sp³-hybridized carbons (Fsp3) is 0.200. The second-order valence-electron chi connectivity index (χ2n) is 7.58. The number of hydrogen-bond donors (Lipinski definition) is 1. The van der Waals surface area contributed by atoms with E-state index in [4.69, 9.17) is 4.74 Å². The Kier molecular flexibility index (Phi) is 5.62. The summed E-state index contributed by atoms with van der Waals surface area (Å²) >= 11 is 0. The number of rotatable bonds is 6. The molecule has 0 aliphatic heterocycles. The molecular formula is C25H26N4O2. The molecular weight excluding hydrogens is 388 g/mol. The number of carbonyl (C=O) groups is 1. The van der Waals surface area contributed by atoms with Crippen molar-refractivity contribution >= 4 is 11.6 Å². The van der Waals surface area contributed by atoms with Crippen LogP contribution in [0.4, 0.5) is 5.69 Å². The predicted molar refractivity (Wildman–Crippen MR) is 122 cm³/mol. The highest BCUT2D eigenvalue weighted by Crippen LogP contribution is 2.24. The highest BCUT2D eigenvalue weighted by atomic mass is 16.5. The molecule has 0 bridgehead atoms. The standard InChI is InChI=1S/C25H26N4O2/c1-17-14-24(18(2)29(17)22-6-5-7-23(15-22)31-4)25(30)27-21-10-8-20(9-11-21)16-28-13-12-26-19(28)3/h5-15H,16H2,1-4H3,(H,27,30). The zero-order valence-corrected chi connectivity index (χ0v) is 18.2. The zero-order chi connectivity index (χ0) is 22.0. The predicted octanol–water partition coefficient (Wildman–Crippen LogP) is 4.91. The number of nitrogens with one attached hydrogen (secondary N) is 1. The Bertz CT molecular complexity index is 1220. The van der Waals surface area contributed by atoms with Gasteiger partial charge in [-0.3, -0.25) is 4.79 Å². The molecule has 2 heterocycles. The van der Waals surface area contributed by atoms with Gasteiger partial charge in [0.1, 0.15) is 11.6 Å². The molecule has 1 N–H and O–H groups in total. The van der Waals surface area contributed by atoms with Gasteiger partial charge in [-0.2, -0.15) is 0 Å². The third-order valence-corrected chi connectivity index (χ3v) is 5.48. The highest BCUT2D eigenvalue weighted by Gasteiger charge is 2.17. The van der Waals surface area contributed by atoms with Gasteiger partial charge in [0.05, 0.1) is 12.7 Å². The molecule has 158 valence electrons. The molecule has 0 aliphatic rings. The molecule has 31 heavy (non-hydrogen) atoms. The number of hydrogen-bond acceptors (Lipinski definition) is 3. The highest BCUT2D eigenvalue weighted by molar-refractivity contribution is 6.05. The number of anilines is 1. The average Bonchev–Trinajstić information content (AvgIpc) is 3.31. The van der Waals surface area contributed by atoms with Crippen LogP contribution in [-0.2, 0) is 6.54 Å². The summed E-state index contributed by atoms with van der Waals surface area (Å²) in [6.07, 6.45) is 3.76. The Morgan fingerprint density at radius 1 is 1.06 bits per heavy atom. The minimum atomic E-state index is -0.125. The van der Waals surface area contributed by atoms with Crippen LogP contribution in [-0.4, -0.2) is 27.1 Å². The van der Waals surface area contributed by atoms with Gasteiger partial charge < -0.3 is 19.2 Å². The van der Waals surface area contributed by atoms with E-state index >= 15 is 0 Å². The molecule has 0 unspecified atom stereocenters. The summed E-state index contributed by atoms with van der Waals surface area (Å²) in [5, 5.41) is 3.01. The van der Waals surface area contributed by atoms with Crippen LogP contribution in [0, 0.1) is 20.8 Å². The summed E-state index contributed by atoms with van der Waals surface area (Å²) in [7, 11) is 1.65. The molecule has 0 saturated carbocycles. The molecule has 0 fully saturated rings. The molecule has 0 aliphatic carbocycles. The molecule has 4 aromatic rings. The second-order valence-corrected chi connectivity index (χ2v) is 7.58. The SMILES string of the molecule is COc1cccc(-n2c(C)cc(C(=O)Nc3ccc(Cn4ccnc4C)cc3)c2C)c1. The Hall–Kier alpha value is -3.80. The van der Waals surface area contributed by atoms with Crippen LogP contribution in [0.15, 0.2) is 67.0 Å². The number of imidazole rings is 1. The van der Waals surface area contributed by atoms with Crippen LogP contribution >= 0.6 is 0 Å². The number of aromatic nitrogens is 3. The molecule has 2 aromatic heterocycles. The van der Waals surface area contributed by atoms with Crippen molar-refractivity contribution in [1.29, 1.82) is 0 Å². The first-order chi connectivity index (χ1) is 15.0. The fourth-order valence-electron chi connectivity index (χ4n) is 3.80. The van der Waals surface area contributed by atoms with Gasteiger partial charge in [-0.1, -0.05) is 18.2 Å². The molecule has 0 saturated heterocycles. The van der Waals surface area contributed by atoms with Crippen molar-refractivity contribution in [2.75, 3.05) is 12.4 Å². The van der Waals surface area contributed by atoms with E-state index < -0.39 is 0 Å². The van der Waals surface area contributed by atoms with Crippen LogP contribution in [0.2, 0.25) is 0 Å². The summed E-state index contributed by atoms with van der Waals surface area (Å²) in [6, 6.07) is 17.6. The lowest BCUT2D eigenvalue weighted by Gasteiger charge is -2.12. The average molecular weight is 415 g/mol. The van der Waals surface area contributed by atoms with Crippen LogP contribution in [0.1, 0.15) is 33.1 Å². The van der Waals surface area contributed by atoms with Crippen LogP contribution < -0.4 is 10.1 Å². The summed E-state index contributed by atoms with van der Waals surface area (Å²) in [5.74, 6) is 1.63. The third kappa shape index (κ3) is 4.23. The smallest absolute Gasteiger partial charge is 0.257 e. The Morgan fingerprint density at radius 3 is 2.52 bits per heavy atom. The van der Waals surface area contributed by atoms with Crippen molar-refractivity contribution in [2.24, 2.45) is 0 Å². The molecule has 4 rings (SSSR count). The van der Waals surface area contributed by atoms with E-state index in [2.05, 4.69) is 19.4 Å². The van der Waals surface area contributed by atoms with Crippen molar-refractivity contribution in [3.63, 3.8) is 0 Å². The van der Waals surface area contributed by atoms with Crippen molar-refractivity contribution in [1.82, 2.24) is 14.1 Å². The van der Waals surface area contributed by atoms with Gasteiger partial charge in [-0.05, 0) is 56.7 Å². The first kappa shape index (κ1) is 20.5. The Balaban J connectivity index is 1.52. The minimum absolute atomic E-state index is 0.125. The maximum absolute atomic E-state index is 13.0. The first-order valence-electron chi connectivity index (χ1n) is 10.2. The van der Waals surface area contributed by atoms with Crippen LogP contribution in [0.25, 0.3) is 5.69 Å². The quantitative estimate of drug-likeness (QED) is 0.488. The Morgan fingerprint density at radius 2 is 1.84 bits per heavy atom. The van der Waals surface area contributed by atoms with Crippen LogP contribution in [0.3, 0.4) is 0 Å². The second kappa shape index (κ2) is 8.52. The molecule has 6 heteroatoms. The Labute approximate surface area is 182 Å². The summed E-state index contributed by atoms with van der Waals surface area (Å²) in [5.41, 5.74) is 5.40. The van der Waals surface area contributed by atoms with Crippen molar-refractivity contribution in [3.8, 4) is 11.4 Å². The number of aryl methyl sites for hydroxylation is 2. The van der Waals surface area contributed by atoms with Gasteiger partial charge in [-0.15, -0.1) is 0 Å². The van der Waals surface area contributed by atoms with E-state index in [1.807, 2.05) is 81.6 Å². The lowest BCUT2D eigenvalue weighted by molar-refractivity contribution is 0.102. The van der Waals surface area contributed by atoms with Gasteiger partial charge in [0.15, 0.2) is 0 Å². The molecule has 2 aromatic carbocycles. The van der Waals surface area contributed by atoms with E-state index in [-0.39, 0.29) is 5.91 Å². The third-order valence-electron chi connectivity index (χ3n) is 5.48. The maximum atomic E-state index is 13.0. The number of benzene rings is 2. The van der Waals surface area contributed by atoms with E-state index in [9.17, 15) is 4.79 Å². The number of methoxy groups -OCH3 is 1. The fourth-order valence-corrected chi connectivity index (χ4v) is 3.80. The van der Waals surface area contributed by atoms with Gasteiger partial charge in [0.2, 0.25) is 0 Å². The zero-order valence-electron chi connectivity index (χ0n) is 18.2. The number of nitrogens with zero attached hydrogens (tertiary/aromatic N) is 3. The van der Waals surface area contributed by atoms with Crippen molar-refractivity contribution in [2.45, 2.75) is 27.3 Å². The molecule has 6 nitrogen and oxygen atoms in total. The van der Waals surface area contributed by atoms with Crippen molar-refractivity contribution < 1.29 is 9.53 Å². The van der Waals surface area contributed by atoms with Gasteiger partial charge in [0, 0.05) is 47.8 Å².